The summed E-state index contributed by atoms with van der Waals surface area (Å²) in [6, 6.07) is 15.1. The smallest absolute Gasteiger partial charge is 0.192 e. The Kier molecular flexibility index (Phi) is 5.02. The summed E-state index contributed by atoms with van der Waals surface area (Å²) in [5.74, 6) is 0. The van der Waals surface area contributed by atoms with Crippen LogP contribution < -0.4 is 16.3 Å². The van der Waals surface area contributed by atoms with Gasteiger partial charge < -0.3 is 15.0 Å². The van der Waals surface area contributed by atoms with Crippen molar-refractivity contribution in [3.63, 3.8) is 0 Å². The largest absolute Gasteiger partial charge is 0.354 e. The van der Waals surface area contributed by atoms with E-state index in [1.807, 2.05) is 0 Å². The number of benzene rings is 1. The first-order chi connectivity index (χ1) is 19.1. The summed E-state index contributed by atoms with van der Waals surface area (Å²) in [4.78, 5) is 63.2. The maximum atomic E-state index is 13.7. The van der Waals surface area contributed by atoms with Gasteiger partial charge in [-0.15, -0.1) is 0 Å². The molecule has 0 spiro atoms. The zero-order valence-electron chi connectivity index (χ0n) is 20.2. The maximum absolute atomic E-state index is 13.7. The zero-order chi connectivity index (χ0) is 26.5. The fourth-order valence-electron chi connectivity index (χ4n) is 5.05. The predicted molar refractivity (Wildman–Crippen MR) is 151 cm³/mol. The van der Waals surface area contributed by atoms with Crippen LogP contribution in [0.15, 0.2) is 106 Å². The third-order valence-corrected chi connectivity index (χ3v) is 6.82. The SMILES string of the molecule is O=c1cc(-c2ccncc2)[nH]c2c1c1[nH]c(-c3ccncc3)cc(=O)c1c1[nH]c(-c3ccncc3)cc(=O)c21. The van der Waals surface area contributed by atoms with Crippen LogP contribution >= 0.6 is 0 Å². The van der Waals surface area contributed by atoms with Crippen molar-refractivity contribution in [2.45, 2.75) is 0 Å². The Balaban J connectivity index is 1.69. The van der Waals surface area contributed by atoms with Crippen LogP contribution in [-0.4, -0.2) is 29.9 Å². The van der Waals surface area contributed by atoms with Gasteiger partial charge in [0.15, 0.2) is 16.3 Å². The monoisotopic (exact) mass is 510 g/mol. The summed E-state index contributed by atoms with van der Waals surface area (Å²) in [5.41, 5.74) is 3.81. The van der Waals surface area contributed by atoms with Gasteiger partial charge in [-0.05, 0) is 36.4 Å². The molecule has 0 bridgehead atoms. The van der Waals surface area contributed by atoms with Gasteiger partial charge in [0.1, 0.15) is 0 Å². The second-order valence-electron chi connectivity index (χ2n) is 9.10. The Labute approximate surface area is 218 Å². The van der Waals surface area contributed by atoms with E-state index < -0.39 is 0 Å². The molecule has 0 atom stereocenters. The number of aromatic nitrogens is 6. The van der Waals surface area contributed by atoms with Gasteiger partial charge in [-0.25, -0.2) is 0 Å². The Bertz CT molecular complexity index is 1940. The van der Waals surface area contributed by atoms with Gasteiger partial charge in [0.2, 0.25) is 0 Å². The Morgan fingerprint density at radius 2 is 0.667 bits per heavy atom. The van der Waals surface area contributed by atoms with Gasteiger partial charge in [-0.1, -0.05) is 0 Å². The topological polar surface area (TPSA) is 137 Å². The molecule has 3 N–H and O–H groups in total. The first-order valence-electron chi connectivity index (χ1n) is 12.1. The van der Waals surface area contributed by atoms with Gasteiger partial charge in [0, 0.05) is 89.2 Å². The molecule has 9 heteroatoms. The third kappa shape index (κ3) is 3.64. The minimum Gasteiger partial charge on any atom is -0.354 e. The molecule has 1 aromatic carbocycles. The molecule has 6 heterocycles. The molecule has 0 unspecified atom stereocenters. The van der Waals surface area contributed by atoms with E-state index in [1.165, 1.54) is 18.2 Å². The number of pyridine rings is 6. The Hall–Kier alpha value is -5.70. The second-order valence-corrected chi connectivity index (χ2v) is 9.10. The number of hydrogen-bond donors (Lipinski definition) is 3. The molecule has 0 aliphatic heterocycles. The van der Waals surface area contributed by atoms with Crippen LogP contribution in [0.2, 0.25) is 0 Å². The molecule has 0 saturated heterocycles. The molecule has 7 rings (SSSR count). The van der Waals surface area contributed by atoms with Gasteiger partial charge in [-0.2, -0.15) is 0 Å². The predicted octanol–water partition coefficient (Wildman–Crippen LogP) is 4.40. The van der Waals surface area contributed by atoms with Crippen molar-refractivity contribution < 1.29 is 0 Å². The minimum absolute atomic E-state index is 0.227. The standard InChI is InChI=1S/C30H18N6O3/c37-22-13-19(16-1-7-31-8-2-16)34-28-25(22)29-27(24(39)15-21(35-29)18-5-11-33-12-6-18)30-26(28)23(38)14-20(36-30)17-3-9-32-10-4-17/h1-15H,(H,34,37)(H,35,39)(H,36,38). The van der Waals surface area contributed by atoms with Gasteiger partial charge in [0.05, 0.1) is 32.7 Å². The van der Waals surface area contributed by atoms with Crippen LogP contribution in [0.3, 0.4) is 0 Å². The lowest BCUT2D eigenvalue weighted by molar-refractivity contribution is 1.29. The van der Waals surface area contributed by atoms with E-state index in [0.29, 0.717) is 33.6 Å². The van der Waals surface area contributed by atoms with Gasteiger partial charge in [0.25, 0.3) is 0 Å². The van der Waals surface area contributed by atoms with Crippen LogP contribution in [-0.2, 0) is 0 Å². The van der Waals surface area contributed by atoms with Gasteiger partial charge >= 0.3 is 0 Å². The molecule has 0 aliphatic rings. The average Bonchev–Trinajstić information content (AvgIpc) is 2.97. The quantitative estimate of drug-likeness (QED) is 0.301. The zero-order valence-corrected chi connectivity index (χ0v) is 20.2. The van der Waals surface area contributed by atoms with Crippen LogP contribution in [0.5, 0.6) is 0 Å². The normalized spacial score (nSPS) is 11.4. The summed E-state index contributed by atoms with van der Waals surface area (Å²) >= 11 is 0. The number of hydrogen-bond acceptors (Lipinski definition) is 6. The van der Waals surface area contributed by atoms with Crippen LogP contribution in [0.25, 0.3) is 66.5 Å². The number of nitrogens with zero attached hydrogens (tertiary/aromatic N) is 3. The van der Waals surface area contributed by atoms with Crippen molar-refractivity contribution in [3.8, 4) is 33.8 Å². The lowest BCUT2D eigenvalue weighted by atomic mass is 9.99. The van der Waals surface area contributed by atoms with Crippen molar-refractivity contribution in [2.24, 2.45) is 0 Å². The molecule has 7 aromatic rings. The highest BCUT2D eigenvalue weighted by Gasteiger charge is 2.20. The van der Waals surface area contributed by atoms with E-state index in [9.17, 15) is 14.4 Å². The highest BCUT2D eigenvalue weighted by Crippen LogP contribution is 2.31. The molecule has 0 fully saturated rings. The molecule has 0 radical (unpaired) electrons. The number of fused-ring (bicyclic) bond motifs is 6. The van der Waals surface area contributed by atoms with Crippen molar-refractivity contribution in [2.75, 3.05) is 0 Å². The van der Waals surface area contributed by atoms with Crippen molar-refractivity contribution in [3.05, 3.63) is 122 Å². The van der Waals surface area contributed by atoms with E-state index in [4.69, 9.17) is 0 Å². The summed E-state index contributed by atoms with van der Waals surface area (Å²) in [7, 11) is 0. The molecule has 0 aliphatic carbocycles. The molecule has 39 heavy (non-hydrogen) atoms. The fraction of sp³-hybridized carbons (Fsp3) is 0. The maximum Gasteiger partial charge on any atom is 0.192 e. The molecule has 0 amide bonds. The van der Waals surface area contributed by atoms with E-state index in [0.717, 1.165) is 16.7 Å². The second kappa shape index (κ2) is 8.70. The summed E-state index contributed by atoms with van der Waals surface area (Å²) < 4.78 is 0. The number of nitrogens with one attached hydrogen (secondary N) is 3. The molecule has 0 saturated carbocycles. The highest BCUT2D eigenvalue weighted by molar-refractivity contribution is 6.22. The number of H-pyrrole nitrogens is 3. The molecule has 186 valence electrons. The number of aromatic amines is 3. The summed E-state index contributed by atoms with van der Waals surface area (Å²) in [6.07, 6.45) is 9.77. The average molecular weight is 511 g/mol. The Morgan fingerprint density at radius 3 is 0.923 bits per heavy atom. The van der Waals surface area contributed by atoms with Crippen molar-refractivity contribution >= 4 is 32.7 Å². The van der Waals surface area contributed by atoms with Crippen molar-refractivity contribution in [1.82, 2.24) is 29.9 Å². The van der Waals surface area contributed by atoms with Crippen molar-refractivity contribution in [1.29, 1.82) is 0 Å². The first-order valence-corrected chi connectivity index (χ1v) is 12.1. The highest BCUT2D eigenvalue weighted by atomic mass is 16.1. The van der Waals surface area contributed by atoms with E-state index in [-0.39, 0.29) is 32.4 Å². The summed E-state index contributed by atoms with van der Waals surface area (Å²) in [6.45, 7) is 0. The summed E-state index contributed by atoms with van der Waals surface area (Å²) in [5, 5.41) is 0.682. The van der Waals surface area contributed by atoms with E-state index >= 15 is 0 Å². The minimum atomic E-state index is -0.331. The third-order valence-electron chi connectivity index (χ3n) is 6.82. The van der Waals surface area contributed by atoms with Crippen LogP contribution in [0.1, 0.15) is 0 Å². The van der Waals surface area contributed by atoms with E-state index in [1.54, 1.807) is 73.6 Å². The lowest BCUT2D eigenvalue weighted by Gasteiger charge is -2.14. The molecule has 6 aromatic heterocycles. The van der Waals surface area contributed by atoms with Crippen LogP contribution in [0.4, 0.5) is 0 Å². The lowest BCUT2D eigenvalue weighted by Crippen LogP contribution is -2.14. The fourth-order valence-corrected chi connectivity index (χ4v) is 5.05. The number of rotatable bonds is 3. The van der Waals surface area contributed by atoms with Gasteiger partial charge in [-0.3, -0.25) is 29.3 Å². The Morgan fingerprint density at radius 1 is 0.410 bits per heavy atom. The van der Waals surface area contributed by atoms with Crippen LogP contribution in [0, 0.1) is 0 Å². The molecule has 9 nitrogen and oxygen atoms in total. The first kappa shape index (κ1) is 22.5. The van der Waals surface area contributed by atoms with E-state index in [2.05, 4.69) is 29.9 Å². The molecular weight excluding hydrogens is 492 g/mol. The molecular formula is C30H18N6O3.